The SMILES string of the molecule is OC[C@H]1OC(OC2[C@@H](O)[C@@H](O)C(O)[C@H](O)[C@H]2O)[C@H](O)[C@@H](O)[C@H]1O. The van der Waals surface area contributed by atoms with E-state index in [0.717, 1.165) is 0 Å². The largest absolute Gasteiger partial charge is 0.394 e. The topological polar surface area (TPSA) is 201 Å². The lowest BCUT2D eigenvalue weighted by Gasteiger charge is -2.45. The molecule has 11 atom stereocenters. The highest BCUT2D eigenvalue weighted by Gasteiger charge is 2.52. The molecular weight excluding hydrogens is 320 g/mol. The molecular formula is C12H22O11. The van der Waals surface area contributed by atoms with E-state index in [0.29, 0.717) is 0 Å². The highest BCUT2D eigenvalue weighted by Crippen LogP contribution is 2.29. The zero-order valence-electron chi connectivity index (χ0n) is 11.9. The second kappa shape index (κ2) is 7.21. The summed E-state index contributed by atoms with van der Waals surface area (Å²) < 4.78 is 10.2. The molecule has 0 radical (unpaired) electrons. The smallest absolute Gasteiger partial charge is 0.187 e. The third kappa shape index (κ3) is 3.36. The van der Waals surface area contributed by atoms with Crippen LogP contribution in [0.25, 0.3) is 0 Å². The summed E-state index contributed by atoms with van der Waals surface area (Å²) in [6, 6.07) is 0. The molecule has 11 nitrogen and oxygen atoms in total. The molecule has 0 aromatic carbocycles. The van der Waals surface area contributed by atoms with Crippen molar-refractivity contribution in [2.75, 3.05) is 6.61 Å². The van der Waals surface area contributed by atoms with Gasteiger partial charge in [0, 0.05) is 0 Å². The van der Waals surface area contributed by atoms with Crippen molar-refractivity contribution in [3.05, 3.63) is 0 Å². The van der Waals surface area contributed by atoms with Crippen LogP contribution in [0.15, 0.2) is 0 Å². The van der Waals surface area contributed by atoms with Crippen LogP contribution in [-0.2, 0) is 9.47 Å². The summed E-state index contributed by atoms with van der Waals surface area (Å²) >= 11 is 0. The molecule has 136 valence electrons. The number of aliphatic hydroxyl groups is 9. The van der Waals surface area contributed by atoms with E-state index in [4.69, 9.17) is 14.6 Å². The maximum atomic E-state index is 9.85. The molecule has 0 bridgehead atoms. The zero-order valence-corrected chi connectivity index (χ0v) is 11.9. The van der Waals surface area contributed by atoms with Gasteiger partial charge in [0.05, 0.1) is 6.61 Å². The van der Waals surface area contributed by atoms with Gasteiger partial charge in [0.2, 0.25) is 0 Å². The predicted octanol–water partition coefficient (Wildman–Crippen LogP) is -6.01. The van der Waals surface area contributed by atoms with E-state index in [9.17, 15) is 40.9 Å². The lowest BCUT2D eigenvalue weighted by molar-refractivity contribution is -0.339. The lowest BCUT2D eigenvalue weighted by atomic mass is 9.84. The van der Waals surface area contributed by atoms with Crippen LogP contribution >= 0.6 is 0 Å². The van der Waals surface area contributed by atoms with E-state index < -0.39 is 73.9 Å². The summed E-state index contributed by atoms with van der Waals surface area (Å²) in [5.74, 6) is 0. The minimum Gasteiger partial charge on any atom is -0.394 e. The number of hydrogen-bond acceptors (Lipinski definition) is 11. The molecule has 0 amide bonds. The molecule has 0 spiro atoms. The maximum absolute atomic E-state index is 9.85. The third-order valence-electron chi connectivity index (χ3n) is 4.21. The van der Waals surface area contributed by atoms with Crippen LogP contribution in [-0.4, -0.2) is 120 Å². The van der Waals surface area contributed by atoms with Crippen molar-refractivity contribution >= 4 is 0 Å². The summed E-state index contributed by atoms with van der Waals surface area (Å²) in [7, 11) is 0. The first-order valence-corrected chi connectivity index (χ1v) is 7.07. The minimum absolute atomic E-state index is 0.704. The van der Waals surface area contributed by atoms with Crippen molar-refractivity contribution < 1.29 is 55.4 Å². The molecule has 1 heterocycles. The average Bonchev–Trinajstić information content (AvgIpc) is 2.54. The van der Waals surface area contributed by atoms with Crippen molar-refractivity contribution in [2.45, 2.75) is 67.3 Å². The van der Waals surface area contributed by atoms with Crippen LogP contribution in [0, 0.1) is 0 Å². The summed E-state index contributed by atoms with van der Waals surface area (Å²) in [5, 5.41) is 86.6. The van der Waals surface area contributed by atoms with E-state index in [1.165, 1.54) is 0 Å². The molecule has 1 aliphatic heterocycles. The molecule has 23 heavy (non-hydrogen) atoms. The van der Waals surface area contributed by atoms with Gasteiger partial charge in [-0.15, -0.1) is 0 Å². The Morgan fingerprint density at radius 3 is 1.52 bits per heavy atom. The monoisotopic (exact) mass is 342 g/mol. The Morgan fingerprint density at radius 1 is 0.609 bits per heavy atom. The van der Waals surface area contributed by atoms with Gasteiger partial charge >= 0.3 is 0 Å². The summed E-state index contributed by atoms with van der Waals surface area (Å²) in [6.07, 6.45) is -18.9. The van der Waals surface area contributed by atoms with Crippen molar-refractivity contribution in [1.82, 2.24) is 0 Å². The molecule has 1 saturated carbocycles. The van der Waals surface area contributed by atoms with Gasteiger partial charge < -0.3 is 55.4 Å². The van der Waals surface area contributed by atoms with Crippen molar-refractivity contribution in [3.8, 4) is 0 Å². The Hall–Kier alpha value is -0.440. The average molecular weight is 342 g/mol. The number of hydrogen-bond donors (Lipinski definition) is 9. The van der Waals surface area contributed by atoms with Crippen molar-refractivity contribution in [2.24, 2.45) is 0 Å². The Balaban J connectivity index is 2.13. The Bertz CT molecular complexity index is 377. The minimum atomic E-state index is -1.83. The van der Waals surface area contributed by atoms with Gasteiger partial charge in [-0.1, -0.05) is 0 Å². The molecule has 0 aromatic rings. The van der Waals surface area contributed by atoms with Crippen molar-refractivity contribution in [3.63, 3.8) is 0 Å². The van der Waals surface area contributed by atoms with E-state index >= 15 is 0 Å². The van der Waals surface area contributed by atoms with Gasteiger partial charge in [-0.3, -0.25) is 0 Å². The lowest BCUT2D eigenvalue weighted by Crippen LogP contribution is -2.67. The zero-order chi connectivity index (χ0) is 17.5. The highest BCUT2D eigenvalue weighted by atomic mass is 16.7. The third-order valence-corrected chi connectivity index (χ3v) is 4.21. The molecule has 9 N–H and O–H groups in total. The van der Waals surface area contributed by atoms with Gasteiger partial charge in [0.1, 0.15) is 61.0 Å². The standard InChI is InChI=1S/C12H22O11/c13-1-2-3(14)4(15)10(21)12(22-2)23-11-8(19)6(17)5(16)7(18)9(11)20/h2-21H,1H2/t2-,3+,4+,5?,6+,7+,8-,9+,10-,11?,12?/m1/s1. The van der Waals surface area contributed by atoms with E-state index in [1.54, 1.807) is 0 Å². The first-order chi connectivity index (χ1) is 10.7. The maximum Gasteiger partial charge on any atom is 0.187 e. The molecule has 1 saturated heterocycles. The molecule has 0 aromatic heterocycles. The first-order valence-electron chi connectivity index (χ1n) is 7.07. The van der Waals surface area contributed by atoms with Crippen LogP contribution in [0.3, 0.4) is 0 Å². The fourth-order valence-electron chi connectivity index (χ4n) is 2.69. The summed E-state index contributed by atoms with van der Waals surface area (Å²) in [5.41, 5.74) is 0. The molecule has 1 aliphatic carbocycles. The van der Waals surface area contributed by atoms with E-state index in [1.807, 2.05) is 0 Å². The van der Waals surface area contributed by atoms with Crippen LogP contribution in [0.2, 0.25) is 0 Å². The fraction of sp³-hybridized carbons (Fsp3) is 1.00. The van der Waals surface area contributed by atoms with Gasteiger partial charge in [-0.25, -0.2) is 0 Å². The van der Waals surface area contributed by atoms with Crippen LogP contribution < -0.4 is 0 Å². The van der Waals surface area contributed by atoms with E-state index in [-0.39, 0.29) is 0 Å². The molecule has 11 heteroatoms. The van der Waals surface area contributed by atoms with Crippen LogP contribution in [0.5, 0.6) is 0 Å². The van der Waals surface area contributed by atoms with Gasteiger partial charge in [-0.2, -0.15) is 0 Å². The Kier molecular flexibility index (Phi) is 5.92. The van der Waals surface area contributed by atoms with E-state index in [2.05, 4.69) is 0 Å². The molecule has 2 fully saturated rings. The quantitative estimate of drug-likeness (QED) is 0.236. The van der Waals surface area contributed by atoms with Crippen molar-refractivity contribution in [1.29, 1.82) is 0 Å². The normalized spacial score (nSPS) is 54.9. The molecule has 3 unspecified atom stereocenters. The first kappa shape index (κ1) is 18.9. The fourth-order valence-corrected chi connectivity index (χ4v) is 2.69. The number of rotatable bonds is 3. The Labute approximate surface area is 130 Å². The highest BCUT2D eigenvalue weighted by molar-refractivity contribution is 5.00. The van der Waals surface area contributed by atoms with Crippen LogP contribution in [0.1, 0.15) is 0 Å². The van der Waals surface area contributed by atoms with Gasteiger partial charge in [-0.05, 0) is 0 Å². The second-order valence-corrected chi connectivity index (χ2v) is 5.75. The number of ether oxygens (including phenoxy) is 2. The summed E-state index contributed by atoms with van der Waals surface area (Å²) in [4.78, 5) is 0. The number of aliphatic hydroxyl groups excluding tert-OH is 9. The van der Waals surface area contributed by atoms with Gasteiger partial charge in [0.25, 0.3) is 0 Å². The molecule has 2 rings (SSSR count). The van der Waals surface area contributed by atoms with Crippen LogP contribution in [0.4, 0.5) is 0 Å². The Morgan fingerprint density at radius 2 is 1.04 bits per heavy atom. The van der Waals surface area contributed by atoms with Gasteiger partial charge in [0.15, 0.2) is 6.29 Å². The molecule has 2 aliphatic rings. The summed E-state index contributed by atoms with van der Waals surface area (Å²) in [6.45, 7) is -0.704. The predicted molar refractivity (Wildman–Crippen MR) is 68.7 cm³/mol. The second-order valence-electron chi connectivity index (χ2n) is 5.75.